The molecule has 21 heavy (non-hydrogen) atoms. The van der Waals surface area contributed by atoms with Gasteiger partial charge in [-0.2, -0.15) is 4.31 Å². The summed E-state index contributed by atoms with van der Waals surface area (Å²) in [5.41, 5.74) is 0. The first-order chi connectivity index (χ1) is 9.70. The van der Waals surface area contributed by atoms with Gasteiger partial charge >= 0.3 is 5.97 Å². The monoisotopic (exact) mass is 381 g/mol. The number of nitrogens with zero attached hydrogens (tertiary/aromatic N) is 1. The Hall–Kier alpha value is -0.990. The molecule has 8 heteroatoms. The lowest BCUT2D eigenvalue weighted by Crippen LogP contribution is -2.41. The molecule has 0 fully saturated rings. The molecule has 118 valence electrons. The van der Waals surface area contributed by atoms with Gasteiger partial charge in [0.15, 0.2) is 0 Å². The molecule has 0 aromatic heterocycles. The normalized spacial score (nSPS) is 12.0. The molecule has 0 saturated heterocycles. The van der Waals surface area contributed by atoms with E-state index in [0.29, 0.717) is 0 Å². The van der Waals surface area contributed by atoms with Gasteiger partial charge in [-0.05, 0) is 54.9 Å². The second-order valence-electron chi connectivity index (χ2n) is 4.52. The zero-order valence-electron chi connectivity index (χ0n) is 12.0. The van der Waals surface area contributed by atoms with Crippen LogP contribution in [0.3, 0.4) is 0 Å². The summed E-state index contributed by atoms with van der Waals surface area (Å²) in [4.78, 5) is 11.5. The van der Waals surface area contributed by atoms with E-state index in [1.807, 2.05) is 0 Å². The number of ether oxygens (including phenoxy) is 1. The first-order valence-corrected chi connectivity index (χ1v) is 8.56. The van der Waals surface area contributed by atoms with Gasteiger partial charge < -0.3 is 4.74 Å². The van der Waals surface area contributed by atoms with Crippen LogP contribution in [0.1, 0.15) is 20.8 Å². The molecule has 0 bridgehead atoms. The average molecular weight is 382 g/mol. The van der Waals surface area contributed by atoms with Crippen LogP contribution in [0.2, 0.25) is 0 Å². The third kappa shape index (κ3) is 4.49. The third-order valence-electron chi connectivity index (χ3n) is 2.65. The fourth-order valence-corrected chi connectivity index (χ4v) is 4.28. The van der Waals surface area contributed by atoms with Gasteiger partial charge in [0.05, 0.1) is 11.5 Å². The maximum atomic E-state index is 13.1. The molecule has 0 aliphatic carbocycles. The molecule has 0 heterocycles. The van der Waals surface area contributed by atoms with Crippen LogP contribution in [0.4, 0.5) is 4.39 Å². The van der Waals surface area contributed by atoms with Crippen molar-refractivity contribution < 1.29 is 22.3 Å². The first kappa shape index (κ1) is 18.1. The summed E-state index contributed by atoms with van der Waals surface area (Å²) < 4.78 is 44.2. The highest BCUT2D eigenvalue weighted by atomic mass is 79.9. The Morgan fingerprint density at radius 3 is 2.52 bits per heavy atom. The Balaban J connectivity index is 3.19. The van der Waals surface area contributed by atoms with E-state index in [4.69, 9.17) is 4.74 Å². The largest absolute Gasteiger partial charge is 0.465 e. The average Bonchev–Trinajstić information content (AvgIpc) is 2.35. The van der Waals surface area contributed by atoms with Gasteiger partial charge in [0, 0.05) is 10.5 Å². The number of carbonyl (C=O) groups is 1. The summed E-state index contributed by atoms with van der Waals surface area (Å²) in [5, 5.41) is 0. The molecule has 0 radical (unpaired) electrons. The maximum Gasteiger partial charge on any atom is 0.321 e. The van der Waals surface area contributed by atoms with Crippen molar-refractivity contribution >= 4 is 31.9 Å². The van der Waals surface area contributed by atoms with E-state index >= 15 is 0 Å². The Morgan fingerprint density at radius 1 is 1.43 bits per heavy atom. The fourth-order valence-electron chi connectivity index (χ4n) is 1.69. The smallest absolute Gasteiger partial charge is 0.321 e. The molecule has 5 nitrogen and oxygen atoms in total. The molecule has 0 aliphatic heterocycles. The zero-order valence-corrected chi connectivity index (χ0v) is 14.4. The predicted molar refractivity (Wildman–Crippen MR) is 79.8 cm³/mol. The van der Waals surface area contributed by atoms with Crippen molar-refractivity contribution in [3.05, 3.63) is 28.5 Å². The molecule has 0 N–H and O–H groups in total. The van der Waals surface area contributed by atoms with Crippen LogP contribution in [-0.2, 0) is 19.6 Å². The SMILES string of the molecule is CCOC(=O)CN(C(C)C)S(=O)(=O)c1ccc(F)cc1Br. The van der Waals surface area contributed by atoms with Gasteiger partial charge in [-0.25, -0.2) is 12.8 Å². The van der Waals surface area contributed by atoms with Gasteiger partial charge in [0.1, 0.15) is 12.4 Å². The number of esters is 1. The molecule has 0 aliphatic rings. The molecular weight excluding hydrogens is 365 g/mol. The van der Waals surface area contributed by atoms with Crippen LogP contribution in [0.15, 0.2) is 27.6 Å². The van der Waals surface area contributed by atoms with Gasteiger partial charge in [0.25, 0.3) is 0 Å². The fraction of sp³-hybridized carbons (Fsp3) is 0.462. The Morgan fingerprint density at radius 2 is 2.05 bits per heavy atom. The number of rotatable bonds is 6. The second-order valence-corrected chi connectivity index (χ2v) is 7.24. The van der Waals surface area contributed by atoms with Crippen molar-refractivity contribution in [2.45, 2.75) is 31.7 Å². The Kier molecular flexibility index (Phi) is 6.30. The molecular formula is C13H17BrFNO4S. The lowest BCUT2D eigenvalue weighted by molar-refractivity contribution is -0.143. The van der Waals surface area contributed by atoms with Gasteiger partial charge in [0.2, 0.25) is 10.0 Å². The standard InChI is InChI=1S/C13H17BrFNO4S/c1-4-20-13(17)8-16(9(2)3)21(18,19)12-6-5-10(15)7-11(12)14/h5-7,9H,4,8H2,1-3H3. The van der Waals surface area contributed by atoms with Gasteiger partial charge in [-0.3, -0.25) is 4.79 Å². The lowest BCUT2D eigenvalue weighted by atomic mass is 10.3. The summed E-state index contributed by atoms with van der Waals surface area (Å²) in [6, 6.07) is 2.84. The van der Waals surface area contributed by atoms with Crippen molar-refractivity contribution in [1.29, 1.82) is 0 Å². The number of benzene rings is 1. The molecule has 1 aromatic rings. The summed E-state index contributed by atoms with van der Waals surface area (Å²) in [6.45, 7) is 4.72. The maximum absolute atomic E-state index is 13.1. The van der Waals surface area contributed by atoms with Crippen molar-refractivity contribution in [1.82, 2.24) is 4.31 Å². The van der Waals surface area contributed by atoms with E-state index < -0.39 is 34.4 Å². The number of carbonyl (C=O) groups excluding carboxylic acids is 1. The molecule has 0 unspecified atom stereocenters. The topological polar surface area (TPSA) is 63.7 Å². The Bertz CT molecular complexity index is 619. The van der Waals surface area contributed by atoms with E-state index in [9.17, 15) is 17.6 Å². The van der Waals surface area contributed by atoms with Crippen LogP contribution >= 0.6 is 15.9 Å². The minimum Gasteiger partial charge on any atom is -0.465 e. The molecule has 1 aromatic carbocycles. The van der Waals surface area contributed by atoms with Crippen LogP contribution in [0.25, 0.3) is 0 Å². The number of sulfonamides is 1. The summed E-state index contributed by atoms with van der Waals surface area (Å²) in [7, 11) is -3.94. The first-order valence-electron chi connectivity index (χ1n) is 6.32. The van der Waals surface area contributed by atoms with Crippen LogP contribution in [-0.4, -0.2) is 37.9 Å². The van der Waals surface area contributed by atoms with Gasteiger partial charge in [-0.15, -0.1) is 0 Å². The molecule has 0 saturated carbocycles. The summed E-state index contributed by atoms with van der Waals surface area (Å²) >= 11 is 3.04. The minimum absolute atomic E-state index is 0.0955. The van der Waals surface area contributed by atoms with E-state index in [0.717, 1.165) is 22.5 Å². The van der Waals surface area contributed by atoms with Gasteiger partial charge in [-0.1, -0.05) is 0 Å². The van der Waals surface area contributed by atoms with Crippen molar-refractivity contribution in [2.75, 3.05) is 13.2 Å². The molecule has 0 spiro atoms. The Labute approximate surface area is 132 Å². The minimum atomic E-state index is -3.94. The van der Waals surface area contributed by atoms with E-state index in [-0.39, 0.29) is 16.0 Å². The van der Waals surface area contributed by atoms with E-state index in [1.165, 1.54) is 0 Å². The number of hydrogen-bond acceptors (Lipinski definition) is 4. The van der Waals surface area contributed by atoms with Crippen molar-refractivity contribution in [2.24, 2.45) is 0 Å². The predicted octanol–water partition coefficient (Wildman–Crippen LogP) is 2.55. The second kappa shape index (κ2) is 7.33. The lowest BCUT2D eigenvalue weighted by Gasteiger charge is -2.25. The molecule has 0 amide bonds. The summed E-state index contributed by atoms with van der Waals surface area (Å²) in [5.74, 6) is -1.18. The van der Waals surface area contributed by atoms with E-state index in [2.05, 4.69) is 15.9 Å². The highest BCUT2D eigenvalue weighted by Gasteiger charge is 2.31. The zero-order chi connectivity index (χ0) is 16.2. The number of hydrogen-bond donors (Lipinski definition) is 0. The third-order valence-corrected chi connectivity index (χ3v) is 5.65. The summed E-state index contributed by atoms with van der Waals surface area (Å²) in [6.07, 6.45) is 0. The highest BCUT2D eigenvalue weighted by Crippen LogP contribution is 2.27. The van der Waals surface area contributed by atoms with Crippen LogP contribution in [0.5, 0.6) is 0 Å². The quantitative estimate of drug-likeness (QED) is 0.710. The van der Waals surface area contributed by atoms with E-state index in [1.54, 1.807) is 20.8 Å². The van der Waals surface area contributed by atoms with Crippen LogP contribution in [0, 0.1) is 5.82 Å². The molecule has 0 atom stereocenters. The highest BCUT2D eigenvalue weighted by molar-refractivity contribution is 9.10. The number of halogens is 2. The molecule has 1 rings (SSSR count). The van der Waals surface area contributed by atoms with Crippen molar-refractivity contribution in [3.8, 4) is 0 Å². The van der Waals surface area contributed by atoms with Crippen molar-refractivity contribution in [3.63, 3.8) is 0 Å². The van der Waals surface area contributed by atoms with Crippen LogP contribution < -0.4 is 0 Å².